The molecule has 1 aromatic carbocycles. The van der Waals surface area contributed by atoms with Crippen LogP contribution in [0.4, 0.5) is 0 Å². The van der Waals surface area contributed by atoms with Gasteiger partial charge in [0.25, 0.3) is 0 Å². The lowest BCUT2D eigenvalue weighted by atomic mass is 10.1. The number of carbonyl (C=O) groups is 1. The summed E-state index contributed by atoms with van der Waals surface area (Å²) in [6.07, 6.45) is 1.81. The van der Waals surface area contributed by atoms with Gasteiger partial charge in [-0.05, 0) is 24.0 Å². The zero-order valence-corrected chi connectivity index (χ0v) is 11.0. The SMILES string of the molecule is CN(CCBr)C(=O)C1Cc2ccccc2C1. The number of benzene rings is 1. The van der Waals surface area contributed by atoms with Gasteiger partial charge < -0.3 is 4.90 Å². The Bertz CT molecular complexity index is 366. The molecule has 0 fully saturated rings. The van der Waals surface area contributed by atoms with Crippen LogP contribution in [0.15, 0.2) is 24.3 Å². The van der Waals surface area contributed by atoms with Crippen LogP contribution in [-0.2, 0) is 17.6 Å². The molecule has 0 bridgehead atoms. The summed E-state index contributed by atoms with van der Waals surface area (Å²) in [5.41, 5.74) is 2.68. The van der Waals surface area contributed by atoms with Crippen LogP contribution < -0.4 is 0 Å². The zero-order chi connectivity index (χ0) is 11.5. The summed E-state index contributed by atoms with van der Waals surface area (Å²) in [5.74, 6) is 0.428. The van der Waals surface area contributed by atoms with Gasteiger partial charge >= 0.3 is 0 Å². The molecular weight excluding hydrogens is 266 g/mol. The number of amides is 1. The van der Waals surface area contributed by atoms with Gasteiger partial charge in [0.15, 0.2) is 0 Å². The third-order valence-electron chi connectivity index (χ3n) is 3.20. The number of alkyl halides is 1. The second kappa shape index (κ2) is 5.00. The summed E-state index contributed by atoms with van der Waals surface area (Å²) in [4.78, 5) is 13.9. The van der Waals surface area contributed by atoms with Crippen LogP contribution in [0.2, 0.25) is 0 Å². The van der Waals surface area contributed by atoms with Gasteiger partial charge in [-0.3, -0.25) is 4.79 Å². The van der Waals surface area contributed by atoms with E-state index in [0.717, 1.165) is 24.7 Å². The molecule has 3 heteroatoms. The lowest BCUT2D eigenvalue weighted by Gasteiger charge is -2.19. The van der Waals surface area contributed by atoms with Crippen molar-refractivity contribution in [2.75, 3.05) is 18.9 Å². The Morgan fingerprint density at radius 3 is 2.44 bits per heavy atom. The lowest BCUT2D eigenvalue weighted by Crippen LogP contribution is -2.34. The maximum Gasteiger partial charge on any atom is 0.226 e. The van der Waals surface area contributed by atoms with Crippen LogP contribution in [0.25, 0.3) is 0 Å². The molecule has 0 saturated carbocycles. The smallest absolute Gasteiger partial charge is 0.226 e. The molecule has 86 valence electrons. The lowest BCUT2D eigenvalue weighted by molar-refractivity contribution is -0.133. The number of rotatable bonds is 3. The molecule has 16 heavy (non-hydrogen) atoms. The Labute approximate surface area is 105 Å². The largest absolute Gasteiger partial charge is 0.345 e. The van der Waals surface area contributed by atoms with E-state index in [-0.39, 0.29) is 11.8 Å². The highest BCUT2D eigenvalue weighted by Crippen LogP contribution is 2.27. The summed E-state index contributed by atoms with van der Waals surface area (Å²) in [7, 11) is 1.88. The van der Waals surface area contributed by atoms with Gasteiger partial charge in [0, 0.05) is 24.8 Å². The predicted octanol–water partition coefficient (Wildman–Crippen LogP) is 2.25. The van der Waals surface area contributed by atoms with E-state index in [1.165, 1.54) is 11.1 Å². The van der Waals surface area contributed by atoms with Crippen molar-refractivity contribution in [1.29, 1.82) is 0 Å². The van der Waals surface area contributed by atoms with Gasteiger partial charge in [-0.25, -0.2) is 0 Å². The summed E-state index contributed by atoms with van der Waals surface area (Å²) in [6, 6.07) is 8.36. The quantitative estimate of drug-likeness (QED) is 0.779. The number of hydrogen-bond acceptors (Lipinski definition) is 1. The van der Waals surface area contributed by atoms with Gasteiger partial charge in [-0.2, -0.15) is 0 Å². The van der Waals surface area contributed by atoms with Crippen molar-refractivity contribution in [2.45, 2.75) is 12.8 Å². The third-order valence-corrected chi connectivity index (χ3v) is 3.55. The molecule has 1 aromatic rings. The molecule has 1 amide bonds. The van der Waals surface area contributed by atoms with E-state index >= 15 is 0 Å². The first-order valence-electron chi connectivity index (χ1n) is 5.60. The Morgan fingerprint density at radius 2 is 1.94 bits per heavy atom. The van der Waals surface area contributed by atoms with Gasteiger partial charge in [0.05, 0.1) is 0 Å². The average molecular weight is 282 g/mol. The Balaban J connectivity index is 2.03. The first-order chi connectivity index (χ1) is 7.72. The van der Waals surface area contributed by atoms with E-state index in [0.29, 0.717) is 0 Å². The molecule has 2 nitrogen and oxygen atoms in total. The fourth-order valence-corrected chi connectivity index (χ4v) is 2.81. The van der Waals surface area contributed by atoms with Gasteiger partial charge in [-0.1, -0.05) is 40.2 Å². The maximum atomic E-state index is 12.1. The molecule has 0 aromatic heterocycles. The first kappa shape index (κ1) is 11.6. The number of carbonyl (C=O) groups excluding carboxylic acids is 1. The monoisotopic (exact) mass is 281 g/mol. The van der Waals surface area contributed by atoms with Crippen molar-refractivity contribution in [3.8, 4) is 0 Å². The van der Waals surface area contributed by atoms with Crippen LogP contribution >= 0.6 is 15.9 Å². The molecule has 1 aliphatic rings. The van der Waals surface area contributed by atoms with Crippen molar-refractivity contribution in [1.82, 2.24) is 4.90 Å². The normalized spacial score (nSPS) is 14.9. The molecule has 0 heterocycles. The molecule has 0 radical (unpaired) electrons. The molecule has 0 spiro atoms. The van der Waals surface area contributed by atoms with Crippen LogP contribution in [0.3, 0.4) is 0 Å². The summed E-state index contributed by atoms with van der Waals surface area (Å²) in [6.45, 7) is 0.783. The Morgan fingerprint density at radius 1 is 1.38 bits per heavy atom. The van der Waals surface area contributed by atoms with Crippen LogP contribution in [0.1, 0.15) is 11.1 Å². The fraction of sp³-hybridized carbons (Fsp3) is 0.462. The minimum atomic E-state index is 0.154. The Hall–Kier alpha value is -0.830. The zero-order valence-electron chi connectivity index (χ0n) is 9.45. The second-order valence-corrected chi connectivity index (χ2v) is 5.12. The van der Waals surface area contributed by atoms with E-state index in [1.807, 2.05) is 24.1 Å². The van der Waals surface area contributed by atoms with E-state index in [9.17, 15) is 4.79 Å². The molecule has 0 atom stereocenters. The van der Waals surface area contributed by atoms with Crippen molar-refractivity contribution in [3.63, 3.8) is 0 Å². The topological polar surface area (TPSA) is 20.3 Å². The molecule has 0 unspecified atom stereocenters. The van der Waals surface area contributed by atoms with Gasteiger partial charge in [-0.15, -0.1) is 0 Å². The average Bonchev–Trinajstić information content (AvgIpc) is 2.71. The van der Waals surface area contributed by atoms with Crippen LogP contribution in [0, 0.1) is 5.92 Å². The van der Waals surface area contributed by atoms with E-state index in [2.05, 4.69) is 28.1 Å². The molecule has 1 aliphatic carbocycles. The number of nitrogens with zero attached hydrogens (tertiary/aromatic N) is 1. The molecule has 0 N–H and O–H groups in total. The molecule has 0 aliphatic heterocycles. The van der Waals surface area contributed by atoms with E-state index < -0.39 is 0 Å². The highest BCUT2D eigenvalue weighted by molar-refractivity contribution is 9.09. The van der Waals surface area contributed by atoms with Crippen molar-refractivity contribution >= 4 is 21.8 Å². The van der Waals surface area contributed by atoms with E-state index in [1.54, 1.807) is 0 Å². The van der Waals surface area contributed by atoms with Crippen molar-refractivity contribution < 1.29 is 4.79 Å². The highest BCUT2D eigenvalue weighted by Gasteiger charge is 2.28. The Kier molecular flexibility index (Phi) is 3.64. The van der Waals surface area contributed by atoms with Gasteiger partial charge in [0.2, 0.25) is 5.91 Å². The molecular formula is C13H16BrNO. The van der Waals surface area contributed by atoms with Crippen molar-refractivity contribution in [2.24, 2.45) is 5.92 Å². The number of fused-ring (bicyclic) bond motifs is 1. The highest BCUT2D eigenvalue weighted by atomic mass is 79.9. The maximum absolute atomic E-state index is 12.1. The number of hydrogen-bond donors (Lipinski definition) is 0. The standard InChI is InChI=1S/C13H16BrNO/c1-15(7-6-14)13(16)12-8-10-4-2-3-5-11(10)9-12/h2-5,12H,6-9H2,1H3. The molecule has 0 saturated heterocycles. The minimum absolute atomic E-state index is 0.154. The first-order valence-corrected chi connectivity index (χ1v) is 6.72. The molecule has 2 rings (SSSR count). The summed E-state index contributed by atoms with van der Waals surface area (Å²) >= 11 is 3.36. The predicted molar refractivity (Wildman–Crippen MR) is 68.8 cm³/mol. The summed E-state index contributed by atoms with van der Waals surface area (Å²) < 4.78 is 0. The van der Waals surface area contributed by atoms with Crippen LogP contribution in [-0.4, -0.2) is 29.7 Å². The van der Waals surface area contributed by atoms with E-state index in [4.69, 9.17) is 0 Å². The number of halogens is 1. The fourth-order valence-electron chi connectivity index (χ4n) is 2.28. The van der Waals surface area contributed by atoms with Crippen LogP contribution in [0.5, 0.6) is 0 Å². The van der Waals surface area contributed by atoms with Crippen molar-refractivity contribution in [3.05, 3.63) is 35.4 Å². The minimum Gasteiger partial charge on any atom is -0.345 e. The third kappa shape index (κ3) is 2.29. The second-order valence-electron chi connectivity index (χ2n) is 4.32. The summed E-state index contributed by atoms with van der Waals surface area (Å²) in [5, 5.41) is 0.842. The van der Waals surface area contributed by atoms with Gasteiger partial charge in [0.1, 0.15) is 0 Å².